The number of hydrogen-bond donors (Lipinski definition) is 0. The fourth-order valence-corrected chi connectivity index (χ4v) is 4.49. The molecule has 2 saturated heterocycles. The van der Waals surface area contributed by atoms with Gasteiger partial charge in [-0.05, 0) is 50.0 Å². The lowest BCUT2D eigenvalue weighted by molar-refractivity contribution is -0.137. The van der Waals surface area contributed by atoms with Crippen molar-refractivity contribution in [3.63, 3.8) is 0 Å². The lowest BCUT2D eigenvalue weighted by Gasteiger charge is -2.37. The fraction of sp³-hybridized carbons (Fsp3) is 0.714. The number of rotatable bonds is 4. The van der Waals surface area contributed by atoms with Crippen molar-refractivity contribution in [1.82, 2.24) is 15.1 Å². The largest absolute Gasteiger partial charge is 0.354 e. The van der Waals surface area contributed by atoms with Crippen LogP contribution < -0.4 is 4.90 Å². The highest BCUT2D eigenvalue weighted by atomic mass is 16.2. The van der Waals surface area contributed by atoms with Crippen LogP contribution in [0.3, 0.4) is 0 Å². The molecule has 1 aromatic heterocycles. The summed E-state index contributed by atoms with van der Waals surface area (Å²) in [6, 6.07) is 2.36. The monoisotopic (exact) mass is 369 g/mol. The van der Waals surface area contributed by atoms with Crippen molar-refractivity contribution in [2.45, 2.75) is 59.3 Å². The molecule has 1 atom stereocenters. The van der Waals surface area contributed by atoms with E-state index in [0.29, 0.717) is 23.2 Å². The van der Waals surface area contributed by atoms with Crippen molar-refractivity contribution in [3.05, 3.63) is 16.8 Å². The van der Waals surface area contributed by atoms with Crippen molar-refractivity contribution >= 4 is 11.7 Å². The van der Waals surface area contributed by atoms with E-state index in [-0.39, 0.29) is 5.92 Å². The first-order valence-corrected chi connectivity index (χ1v) is 10.4. The van der Waals surface area contributed by atoms with E-state index < -0.39 is 0 Å². The second kappa shape index (κ2) is 8.69. The molecule has 0 aliphatic carbocycles. The zero-order chi connectivity index (χ0) is 19.4. The Morgan fingerprint density at radius 3 is 2.48 bits per heavy atom. The van der Waals surface area contributed by atoms with E-state index >= 15 is 0 Å². The van der Waals surface area contributed by atoms with Gasteiger partial charge < -0.3 is 9.80 Å². The van der Waals surface area contributed by atoms with Gasteiger partial charge in [-0.25, -0.2) is 0 Å². The highest BCUT2D eigenvalue weighted by molar-refractivity contribution is 5.79. The average Bonchev–Trinajstić information content (AvgIpc) is 2.72. The van der Waals surface area contributed by atoms with E-state index in [1.54, 1.807) is 0 Å². The SMILES string of the molecule is CCc1nnc(N2CCC(C(=O)N3CCCC(C)C3)CC2)c(C#N)c1CC. The maximum Gasteiger partial charge on any atom is 0.225 e. The van der Waals surface area contributed by atoms with Crippen LogP contribution in [0, 0.1) is 23.2 Å². The molecule has 0 N–H and O–H groups in total. The number of amides is 1. The van der Waals surface area contributed by atoms with Gasteiger partial charge in [0.1, 0.15) is 11.6 Å². The van der Waals surface area contributed by atoms with Crippen molar-refractivity contribution in [1.29, 1.82) is 5.26 Å². The minimum Gasteiger partial charge on any atom is -0.354 e. The Kier molecular flexibility index (Phi) is 6.30. The maximum atomic E-state index is 12.9. The number of carbonyl (C=O) groups is 1. The molecule has 1 aromatic rings. The van der Waals surface area contributed by atoms with Crippen LogP contribution in [0.25, 0.3) is 0 Å². The van der Waals surface area contributed by atoms with Crippen molar-refractivity contribution in [2.24, 2.45) is 11.8 Å². The molecule has 0 saturated carbocycles. The molecular formula is C21H31N5O. The van der Waals surface area contributed by atoms with Gasteiger partial charge in [-0.3, -0.25) is 4.79 Å². The molecule has 2 fully saturated rings. The van der Waals surface area contributed by atoms with Gasteiger partial charge in [0.15, 0.2) is 5.82 Å². The molecule has 0 bridgehead atoms. The first-order chi connectivity index (χ1) is 13.1. The van der Waals surface area contributed by atoms with E-state index in [0.717, 1.165) is 69.5 Å². The molecular weight excluding hydrogens is 338 g/mol. The summed E-state index contributed by atoms with van der Waals surface area (Å²) in [5.41, 5.74) is 2.60. The maximum absolute atomic E-state index is 12.9. The normalized spacial score (nSPS) is 21.2. The Labute approximate surface area is 162 Å². The number of nitrogens with zero attached hydrogens (tertiary/aromatic N) is 5. The standard InChI is InChI=1S/C21H31N5O/c1-4-17-18(13-22)20(24-23-19(17)5-2)25-11-8-16(9-12-25)21(27)26-10-6-7-15(3)14-26/h15-16H,4-12,14H2,1-3H3. The summed E-state index contributed by atoms with van der Waals surface area (Å²) in [7, 11) is 0. The highest BCUT2D eigenvalue weighted by Crippen LogP contribution is 2.29. The molecule has 2 aliphatic heterocycles. The molecule has 3 rings (SSSR count). The van der Waals surface area contributed by atoms with E-state index in [2.05, 4.69) is 39.9 Å². The summed E-state index contributed by atoms with van der Waals surface area (Å²) in [6.45, 7) is 9.67. The van der Waals surface area contributed by atoms with Gasteiger partial charge in [0.25, 0.3) is 0 Å². The summed E-state index contributed by atoms with van der Waals surface area (Å²) in [4.78, 5) is 17.1. The number of likely N-dealkylation sites (tertiary alicyclic amines) is 1. The first-order valence-electron chi connectivity index (χ1n) is 10.4. The minimum atomic E-state index is 0.102. The minimum absolute atomic E-state index is 0.102. The third kappa shape index (κ3) is 4.07. The molecule has 3 heterocycles. The van der Waals surface area contributed by atoms with Gasteiger partial charge in [0, 0.05) is 32.1 Å². The van der Waals surface area contributed by atoms with Gasteiger partial charge in [0.2, 0.25) is 5.91 Å². The topological polar surface area (TPSA) is 73.1 Å². The third-order valence-corrected chi connectivity index (χ3v) is 6.05. The average molecular weight is 370 g/mol. The second-order valence-corrected chi connectivity index (χ2v) is 7.94. The lowest BCUT2D eigenvalue weighted by atomic mass is 9.92. The molecule has 2 aliphatic rings. The number of aromatic nitrogens is 2. The molecule has 0 radical (unpaired) electrons. The molecule has 6 heteroatoms. The Morgan fingerprint density at radius 2 is 1.89 bits per heavy atom. The predicted molar refractivity (Wildman–Crippen MR) is 105 cm³/mol. The molecule has 1 unspecified atom stereocenters. The summed E-state index contributed by atoms with van der Waals surface area (Å²) >= 11 is 0. The summed E-state index contributed by atoms with van der Waals surface area (Å²) < 4.78 is 0. The van der Waals surface area contributed by atoms with Crippen molar-refractivity contribution in [3.8, 4) is 6.07 Å². The molecule has 146 valence electrons. The number of anilines is 1. The summed E-state index contributed by atoms with van der Waals surface area (Å²) in [5, 5.41) is 18.5. The Morgan fingerprint density at radius 1 is 1.15 bits per heavy atom. The van der Waals surface area contributed by atoms with E-state index in [1.165, 1.54) is 6.42 Å². The number of hydrogen-bond acceptors (Lipinski definition) is 5. The van der Waals surface area contributed by atoms with Gasteiger partial charge in [-0.1, -0.05) is 20.8 Å². The van der Waals surface area contributed by atoms with Crippen molar-refractivity contribution in [2.75, 3.05) is 31.1 Å². The zero-order valence-corrected chi connectivity index (χ0v) is 16.9. The molecule has 6 nitrogen and oxygen atoms in total. The Hall–Kier alpha value is -2.16. The Bertz CT molecular complexity index is 718. The molecule has 0 spiro atoms. The van der Waals surface area contributed by atoms with Gasteiger partial charge in [-0.15, -0.1) is 5.10 Å². The molecule has 1 amide bonds. The van der Waals surface area contributed by atoms with Gasteiger partial charge in [-0.2, -0.15) is 10.4 Å². The van der Waals surface area contributed by atoms with Crippen LogP contribution in [0.15, 0.2) is 0 Å². The molecule has 0 aromatic carbocycles. The smallest absolute Gasteiger partial charge is 0.225 e. The fourth-order valence-electron chi connectivity index (χ4n) is 4.49. The van der Waals surface area contributed by atoms with Crippen molar-refractivity contribution < 1.29 is 4.79 Å². The van der Waals surface area contributed by atoms with E-state index in [1.807, 2.05) is 6.92 Å². The van der Waals surface area contributed by atoms with Gasteiger partial charge >= 0.3 is 0 Å². The predicted octanol–water partition coefficient (Wildman–Crippen LogP) is 2.95. The number of piperidine rings is 2. The van der Waals surface area contributed by atoms with Crippen LogP contribution in [0.1, 0.15) is 63.3 Å². The van der Waals surface area contributed by atoms with E-state index in [9.17, 15) is 10.1 Å². The second-order valence-electron chi connectivity index (χ2n) is 7.94. The summed E-state index contributed by atoms with van der Waals surface area (Å²) in [6.07, 6.45) is 5.58. The van der Waals surface area contributed by atoms with Crippen LogP contribution in [-0.4, -0.2) is 47.2 Å². The van der Waals surface area contributed by atoms with Crippen LogP contribution in [0.5, 0.6) is 0 Å². The van der Waals surface area contributed by atoms with Crippen LogP contribution in [0.4, 0.5) is 5.82 Å². The highest BCUT2D eigenvalue weighted by Gasteiger charge is 2.32. The summed E-state index contributed by atoms with van der Waals surface area (Å²) in [5.74, 6) is 1.74. The van der Waals surface area contributed by atoms with Crippen LogP contribution >= 0.6 is 0 Å². The number of carbonyl (C=O) groups excluding carboxylic acids is 1. The lowest BCUT2D eigenvalue weighted by Crippen LogP contribution is -2.46. The zero-order valence-electron chi connectivity index (χ0n) is 16.9. The first kappa shape index (κ1) is 19.6. The molecule has 27 heavy (non-hydrogen) atoms. The van der Waals surface area contributed by atoms with Crippen LogP contribution in [0.2, 0.25) is 0 Å². The van der Waals surface area contributed by atoms with E-state index in [4.69, 9.17) is 0 Å². The Balaban J connectivity index is 1.69. The number of aryl methyl sites for hydroxylation is 1. The number of nitriles is 1. The van der Waals surface area contributed by atoms with Crippen LogP contribution in [-0.2, 0) is 17.6 Å². The van der Waals surface area contributed by atoms with Gasteiger partial charge in [0.05, 0.1) is 5.69 Å². The quantitative estimate of drug-likeness (QED) is 0.816. The third-order valence-electron chi connectivity index (χ3n) is 6.05.